The SMILES string of the molecule is Cc1cccc(NC(=O)c2cc(-c3ccc(Cl)cc3)on2)c1. The van der Waals surface area contributed by atoms with Crippen LogP contribution in [0, 0.1) is 6.92 Å². The first-order valence-electron chi connectivity index (χ1n) is 6.72. The molecule has 2 aromatic carbocycles. The molecule has 0 spiro atoms. The number of amides is 1. The number of nitrogens with zero attached hydrogens (tertiary/aromatic N) is 1. The number of nitrogens with one attached hydrogen (secondary N) is 1. The number of rotatable bonds is 3. The third-order valence-corrected chi connectivity index (χ3v) is 3.40. The van der Waals surface area contributed by atoms with Crippen molar-refractivity contribution in [2.24, 2.45) is 0 Å². The van der Waals surface area contributed by atoms with E-state index >= 15 is 0 Å². The normalized spacial score (nSPS) is 10.5. The van der Waals surface area contributed by atoms with Crippen LogP contribution in [0.1, 0.15) is 16.1 Å². The molecule has 1 aromatic heterocycles. The van der Waals surface area contributed by atoms with Crippen LogP contribution in [0.15, 0.2) is 59.1 Å². The standard InChI is InChI=1S/C17H13ClN2O2/c1-11-3-2-4-14(9-11)19-17(21)15-10-16(22-20-15)12-5-7-13(18)8-6-12/h2-10H,1H3,(H,19,21). The van der Waals surface area contributed by atoms with Gasteiger partial charge in [-0.2, -0.15) is 0 Å². The van der Waals surface area contributed by atoms with Crippen molar-refractivity contribution in [1.29, 1.82) is 0 Å². The highest BCUT2D eigenvalue weighted by Crippen LogP contribution is 2.22. The van der Waals surface area contributed by atoms with Crippen molar-refractivity contribution in [2.45, 2.75) is 6.92 Å². The molecular formula is C17H13ClN2O2. The summed E-state index contributed by atoms with van der Waals surface area (Å²) in [4.78, 5) is 12.2. The average Bonchev–Trinajstić information content (AvgIpc) is 2.98. The van der Waals surface area contributed by atoms with Crippen LogP contribution in [0.4, 0.5) is 5.69 Å². The number of aryl methyl sites for hydroxylation is 1. The molecule has 0 radical (unpaired) electrons. The second-order valence-corrected chi connectivity index (χ2v) is 5.34. The van der Waals surface area contributed by atoms with Gasteiger partial charge >= 0.3 is 0 Å². The number of hydrogen-bond donors (Lipinski definition) is 1. The molecule has 0 aliphatic rings. The molecule has 0 aliphatic heterocycles. The minimum atomic E-state index is -0.311. The van der Waals surface area contributed by atoms with Crippen molar-refractivity contribution < 1.29 is 9.32 Å². The van der Waals surface area contributed by atoms with Crippen molar-refractivity contribution in [3.05, 3.63) is 70.9 Å². The van der Waals surface area contributed by atoms with Crippen molar-refractivity contribution >= 4 is 23.2 Å². The van der Waals surface area contributed by atoms with Gasteiger partial charge < -0.3 is 9.84 Å². The molecule has 4 nitrogen and oxygen atoms in total. The van der Waals surface area contributed by atoms with Gasteiger partial charge in [-0.25, -0.2) is 0 Å². The van der Waals surface area contributed by atoms with Crippen molar-refractivity contribution in [1.82, 2.24) is 5.16 Å². The third-order valence-electron chi connectivity index (χ3n) is 3.15. The van der Waals surface area contributed by atoms with Gasteiger partial charge in [0.25, 0.3) is 5.91 Å². The van der Waals surface area contributed by atoms with Crippen LogP contribution in [-0.4, -0.2) is 11.1 Å². The zero-order valence-electron chi connectivity index (χ0n) is 11.8. The minimum absolute atomic E-state index is 0.228. The molecule has 0 aliphatic carbocycles. The van der Waals surface area contributed by atoms with E-state index in [9.17, 15) is 4.79 Å². The Bertz CT molecular complexity index is 810. The molecule has 1 N–H and O–H groups in total. The summed E-state index contributed by atoms with van der Waals surface area (Å²) in [6.07, 6.45) is 0. The highest BCUT2D eigenvalue weighted by atomic mass is 35.5. The summed E-state index contributed by atoms with van der Waals surface area (Å²) < 4.78 is 5.22. The molecule has 3 rings (SSSR count). The molecule has 0 fully saturated rings. The lowest BCUT2D eigenvalue weighted by Crippen LogP contribution is -2.12. The van der Waals surface area contributed by atoms with Gasteiger partial charge in [0.05, 0.1) is 0 Å². The molecule has 0 atom stereocenters. The highest BCUT2D eigenvalue weighted by Gasteiger charge is 2.14. The van der Waals surface area contributed by atoms with E-state index in [-0.39, 0.29) is 11.6 Å². The van der Waals surface area contributed by atoms with E-state index in [4.69, 9.17) is 16.1 Å². The zero-order valence-corrected chi connectivity index (χ0v) is 12.6. The van der Waals surface area contributed by atoms with E-state index in [1.54, 1.807) is 18.2 Å². The second-order valence-electron chi connectivity index (χ2n) is 4.91. The van der Waals surface area contributed by atoms with Crippen LogP contribution in [-0.2, 0) is 0 Å². The van der Waals surface area contributed by atoms with Gasteiger partial charge in [0.15, 0.2) is 11.5 Å². The maximum Gasteiger partial charge on any atom is 0.277 e. The maximum absolute atomic E-state index is 12.2. The molecule has 0 saturated carbocycles. The van der Waals surface area contributed by atoms with Crippen molar-refractivity contribution in [3.8, 4) is 11.3 Å². The average molecular weight is 313 g/mol. The van der Waals surface area contributed by atoms with Gasteiger partial charge in [0.1, 0.15) is 0 Å². The summed E-state index contributed by atoms with van der Waals surface area (Å²) >= 11 is 5.85. The monoisotopic (exact) mass is 312 g/mol. The lowest BCUT2D eigenvalue weighted by molar-refractivity contribution is 0.101. The zero-order chi connectivity index (χ0) is 15.5. The number of carbonyl (C=O) groups excluding carboxylic acids is 1. The fourth-order valence-corrected chi connectivity index (χ4v) is 2.18. The second kappa shape index (κ2) is 6.03. The number of halogens is 1. The highest BCUT2D eigenvalue weighted by molar-refractivity contribution is 6.30. The topological polar surface area (TPSA) is 55.1 Å². The largest absolute Gasteiger partial charge is 0.355 e. The summed E-state index contributed by atoms with van der Waals surface area (Å²) in [5.74, 6) is 0.209. The van der Waals surface area contributed by atoms with E-state index in [1.165, 1.54) is 0 Å². The minimum Gasteiger partial charge on any atom is -0.355 e. The van der Waals surface area contributed by atoms with Crippen LogP contribution in [0.25, 0.3) is 11.3 Å². The van der Waals surface area contributed by atoms with E-state index in [1.807, 2.05) is 43.3 Å². The van der Waals surface area contributed by atoms with E-state index < -0.39 is 0 Å². The third kappa shape index (κ3) is 3.18. The molecule has 22 heavy (non-hydrogen) atoms. The van der Waals surface area contributed by atoms with Crippen molar-refractivity contribution in [3.63, 3.8) is 0 Å². The van der Waals surface area contributed by atoms with E-state index in [0.717, 1.165) is 16.8 Å². The Morgan fingerprint density at radius 3 is 2.64 bits per heavy atom. The Morgan fingerprint density at radius 1 is 1.14 bits per heavy atom. The molecule has 110 valence electrons. The van der Waals surface area contributed by atoms with E-state index in [0.29, 0.717) is 10.8 Å². The molecular weight excluding hydrogens is 300 g/mol. The molecule has 0 saturated heterocycles. The van der Waals surface area contributed by atoms with Crippen LogP contribution >= 0.6 is 11.6 Å². The van der Waals surface area contributed by atoms with Crippen molar-refractivity contribution in [2.75, 3.05) is 5.32 Å². The van der Waals surface area contributed by atoms with E-state index in [2.05, 4.69) is 10.5 Å². The van der Waals surface area contributed by atoms with Crippen LogP contribution in [0.2, 0.25) is 5.02 Å². The van der Waals surface area contributed by atoms with Gasteiger partial charge in [-0.3, -0.25) is 4.79 Å². The fourth-order valence-electron chi connectivity index (χ4n) is 2.05. The van der Waals surface area contributed by atoms with Crippen LogP contribution < -0.4 is 5.32 Å². The Balaban J connectivity index is 1.78. The summed E-state index contributed by atoms with van der Waals surface area (Å²) in [6.45, 7) is 1.96. The van der Waals surface area contributed by atoms with Gasteiger partial charge in [-0.15, -0.1) is 0 Å². The lowest BCUT2D eigenvalue weighted by atomic mass is 10.1. The first-order valence-corrected chi connectivity index (χ1v) is 7.10. The predicted molar refractivity (Wildman–Crippen MR) is 86.1 cm³/mol. The summed E-state index contributed by atoms with van der Waals surface area (Å²) in [7, 11) is 0. The predicted octanol–water partition coefficient (Wildman–Crippen LogP) is 4.56. The van der Waals surface area contributed by atoms with Gasteiger partial charge in [-0.05, 0) is 48.9 Å². The summed E-state index contributed by atoms with van der Waals surface area (Å²) in [5, 5.41) is 7.24. The Labute approximate surface area is 132 Å². The number of carbonyl (C=O) groups is 1. The smallest absolute Gasteiger partial charge is 0.277 e. The lowest BCUT2D eigenvalue weighted by Gasteiger charge is -2.03. The van der Waals surface area contributed by atoms with Gasteiger partial charge in [0.2, 0.25) is 0 Å². The fraction of sp³-hybridized carbons (Fsp3) is 0.0588. The van der Waals surface area contributed by atoms with Crippen LogP contribution in [0.5, 0.6) is 0 Å². The van der Waals surface area contributed by atoms with Crippen LogP contribution in [0.3, 0.4) is 0 Å². The molecule has 0 unspecified atom stereocenters. The molecule has 1 amide bonds. The Hall–Kier alpha value is -2.59. The number of anilines is 1. The molecule has 5 heteroatoms. The maximum atomic E-state index is 12.2. The number of aromatic nitrogens is 1. The van der Waals surface area contributed by atoms with Gasteiger partial charge in [-0.1, -0.05) is 28.9 Å². The molecule has 0 bridgehead atoms. The first-order chi connectivity index (χ1) is 10.6. The van der Waals surface area contributed by atoms with Gasteiger partial charge in [0, 0.05) is 22.3 Å². The number of hydrogen-bond acceptors (Lipinski definition) is 3. The quantitative estimate of drug-likeness (QED) is 0.771. The number of benzene rings is 2. The summed E-state index contributed by atoms with van der Waals surface area (Å²) in [6, 6.07) is 16.3. The Kier molecular flexibility index (Phi) is 3.94. The Morgan fingerprint density at radius 2 is 1.91 bits per heavy atom. The summed E-state index contributed by atoms with van der Waals surface area (Å²) in [5.41, 5.74) is 2.83. The first kappa shape index (κ1) is 14.4. The molecule has 1 heterocycles. The molecule has 3 aromatic rings.